The van der Waals surface area contributed by atoms with Crippen LogP contribution >= 0.6 is 0 Å². The third-order valence-electron chi connectivity index (χ3n) is 3.28. The third kappa shape index (κ3) is 3.39. The summed E-state index contributed by atoms with van der Waals surface area (Å²) in [5.74, 6) is 0. The second-order valence-corrected chi connectivity index (χ2v) is 4.56. The van der Waals surface area contributed by atoms with Crippen molar-refractivity contribution in [3.8, 4) is 0 Å². The monoisotopic (exact) mass is 242 g/mol. The number of rotatable bonds is 3. The van der Waals surface area contributed by atoms with Gasteiger partial charge in [-0.2, -0.15) is 0 Å². The maximum atomic E-state index is 4.45. The van der Waals surface area contributed by atoms with Crippen LogP contribution in [0.1, 0.15) is 37.6 Å². The molecule has 0 aliphatic rings. The fourth-order valence-electron chi connectivity index (χ4n) is 1.56. The predicted molar refractivity (Wildman–Crippen MR) is 79.4 cm³/mol. The van der Waals surface area contributed by atoms with Crippen LogP contribution in [0.2, 0.25) is 0 Å². The van der Waals surface area contributed by atoms with Crippen LogP contribution in [0.4, 0.5) is 0 Å². The molecular formula is C16H22N2. The lowest BCUT2D eigenvalue weighted by atomic mass is 10.0. The molecule has 0 unspecified atom stereocenters. The third-order valence-corrected chi connectivity index (χ3v) is 3.28. The Balaban J connectivity index is 3.16. The number of hydrogen-bond donors (Lipinski definition) is 0. The van der Waals surface area contributed by atoms with E-state index in [9.17, 15) is 0 Å². The largest absolute Gasteiger partial charge is 0.286 e. The van der Waals surface area contributed by atoms with Gasteiger partial charge in [0.25, 0.3) is 0 Å². The molecule has 1 aromatic heterocycles. The highest BCUT2D eigenvalue weighted by Gasteiger charge is 2.04. The number of allylic oxidation sites excluding steroid dienone is 4. The summed E-state index contributed by atoms with van der Waals surface area (Å²) in [6, 6.07) is 2.09. The summed E-state index contributed by atoms with van der Waals surface area (Å²) in [5, 5.41) is 0. The molecule has 0 aromatic carbocycles. The van der Waals surface area contributed by atoms with Crippen LogP contribution in [-0.4, -0.2) is 17.7 Å². The lowest BCUT2D eigenvalue weighted by Gasteiger charge is -2.06. The molecule has 1 aromatic rings. The highest BCUT2D eigenvalue weighted by molar-refractivity contribution is 6.08. The molecule has 0 N–H and O–H groups in total. The van der Waals surface area contributed by atoms with Gasteiger partial charge in [0.15, 0.2) is 0 Å². The number of pyridine rings is 1. The van der Waals surface area contributed by atoms with Crippen LogP contribution in [0.3, 0.4) is 0 Å². The van der Waals surface area contributed by atoms with Crippen LogP contribution in [0.15, 0.2) is 40.6 Å². The van der Waals surface area contributed by atoms with E-state index in [2.05, 4.69) is 55.9 Å². The van der Waals surface area contributed by atoms with Gasteiger partial charge in [-0.15, -0.1) is 0 Å². The van der Waals surface area contributed by atoms with E-state index in [4.69, 9.17) is 0 Å². The van der Waals surface area contributed by atoms with E-state index < -0.39 is 0 Å². The molecule has 0 fully saturated rings. The van der Waals surface area contributed by atoms with Crippen LogP contribution in [0.25, 0.3) is 0 Å². The Morgan fingerprint density at radius 2 is 1.83 bits per heavy atom. The summed E-state index contributed by atoms with van der Waals surface area (Å²) in [7, 11) is 1.81. The number of aromatic nitrogens is 1. The van der Waals surface area contributed by atoms with Gasteiger partial charge in [0.2, 0.25) is 0 Å². The normalized spacial score (nSPS) is 14.0. The van der Waals surface area contributed by atoms with Gasteiger partial charge in [0.1, 0.15) is 0 Å². The van der Waals surface area contributed by atoms with Gasteiger partial charge in [-0.25, -0.2) is 0 Å². The molecule has 0 aliphatic carbocycles. The summed E-state index contributed by atoms with van der Waals surface area (Å²) in [5.41, 5.74) is 6.80. The molecule has 1 rings (SSSR count). The Labute approximate surface area is 110 Å². The highest BCUT2D eigenvalue weighted by atomic mass is 14.8. The molecule has 0 saturated heterocycles. The molecule has 0 atom stereocenters. The van der Waals surface area contributed by atoms with Crippen LogP contribution < -0.4 is 0 Å². The SMILES string of the molecule is C\C=C(C)/C(C)=C\C(=N\C)c1cc(C)c(C)cn1. The number of hydrogen-bond acceptors (Lipinski definition) is 2. The fourth-order valence-corrected chi connectivity index (χ4v) is 1.56. The van der Waals surface area contributed by atoms with Gasteiger partial charge in [0.05, 0.1) is 11.4 Å². The number of aryl methyl sites for hydroxylation is 2. The number of nitrogens with zero attached hydrogens (tertiary/aromatic N) is 2. The Morgan fingerprint density at radius 3 is 2.33 bits per heavy atom. The molecule has 0 amide bonds. The minimum Gasteiger partial charge on any atom is -0.286 e. The predicted octanol–water partition coefficient (Wildman–Crippen LogP) is 4.03. The smallest absolute Gasteiger partial charge is 0.0884 e. The van der Waals surface area contributed by atoms with Gasteiger partial charge >= 0.3 is 0 Å². The van der Waals surface area contributed by atoms with Gasteiger partial charge < -0.3 is 0 Å². The Morgan fingerprint density at radius 1 is 1.17 bits per heavy atom. The molecule has 0 radical (unpaired) electrons. The average molecular weight is 242 g/mol. The molecule has 0 saturated carbocycles. The first-order chi connectivity index (χ1) is 8.49. The summed E-state index contributed by atoms with van der Waals surface area (Å²) in [6.07, 6.45) is 6.10. The van der Waals surface area contributed by atoms with E-state index in [1.54, 1.807) is 7.05 Å². The summed E-state index contributed by atoms with van der Waals surface area (Å²) >= 11 is 0. The zero-order valence-electron chi connectivity index (χ0n) is 12.2. The first-order valence-corrected chi connectivity index (χ1v) is 6.21. The van der Waals surface area contributed by atoms with Gasteiger partial charge in [-0.05, 0) is 63.5 Å². The first-order valence-electron chi connectivity index (χ1n) is 6.21. The van der Waals surface area contributed by atoms with Crippen molar-refractivity contribution >= 4 is 5.71 Å². The molecule has 0 aliphatic heterocycles. The van der Waals surface area contributed by atoms with Gasteiger partial charge in [0, 0.05) is 13.2 Å². The zero-order chi connectivity index (χ0) is 13.7. The topological polar surface area (TPSA) is 25.2 Å². The first kappa shape index (κ1) is 14.4. The minimum absolute atomic E-state index is 0.928. The lowest BCUT2D eigenvalue weighted by Crippen LogP contribution is -2.03. The van der Waals surface area contributed by atoms with Crippen molar-refractivity contribution in [2.45, 2.75) is 34.6 Å². The van der Waals surface area contributed by atoms with E-state index in [1.807, 2.05) is 13.1 Å². The molecule has 2 heteroatoms. The van der Waals surface area contributed by atoms with E-state index >= 15 is 0 Å². The van der Waals surface area contributed by atoms with E-state index in [0.717, 1.165) is 11.4 Å². The summed E-state index contributed by atoms with van der Waals surface area (Å²) in [4.78, 5) is 8.79. The maximum Gasteiger partial charge on any atom is 0.0884 e. The van der Waals surface area contributed by atoms with Crippen molar-refractivity contribution in [1.82, 2.24) is 4.98 Å². The highest BCUT2D eigenvalue weighted by Crippen LogP contribution is 2.12. The van der Waals surface area contributed by atoms with Crippen LogP contribution in [0.5, 0.6) is 0 Å². The average Bonchev–Trinajstić information content (AvgIpc) is 2.38. The van der Waals surface area contributed by atoms with E-state index in [1.165, 1.54) is 22.3 Å². The fraction of sp³-hybridized carbons (Fsp3) is 0.375. The maximum absolute atomic E-state index is 4.45. The minimum atomic E-state index is 0.928. The van der Waals surface area contributed by atoms with Gasteiger partial charge in [-0.1, -0.05) is 11.6 Å². The second-order valence-electron chi connectivity index (χ2n) is 4.56. The van der Waals surface area contributed by atoms with Crippen molar-refractivity contribution in [2.75, 3.05) is 7.05 Å². The van der Waals surface area contributed by atoms with Crippen LogP contribution in [-0.2, 0) is 0 Å². The Bertz CT molecular complexity index is 520. The van der Waals surface area contributed by atoms with E-state index in [0.29, 0.717) is 0 Å². The quantitative estimate of drug-likeness (QED) is 0.580. The molecule has 18 heavy (non-hydrogen) atoms. The standard InChI is InChI=1S/C16H22N2/c1-7-11(2)12(3)8-15(17-6)16-9-13(4)14(5)10-18-16/h7-10H,1-6H3/b11-7-,12-8-,17-15-. The summed E-state index contributed by atoms with van der Waals surface area (Å²) < 4.78 is 0. The Kier molecular flexibility index (Phi) is 5.02. The summed E-state index contributed by atoms with van der Waals surface area (Å²) in [6.45, 7) is 10.4. The second kappa shape index (κ2) is 6.29. The van der Waals surface area contributed by atoms with Crippen molar-refractivity contribution in [2.24, 2.45) is 4.99 Å². The molecule has 0 spiro atoms. The number of aliphatic imine (C=N–C) groups is 1. The van der Waals surface area contributed by atoms with Crippen molar-refractivity contribution in [3.05, 3.63) is 52.4 Å². The van der Waals surface area contributed by atoms with Gasteiger partial charge in [-0.3, -0.25) is 9.98 Å². The van der Waals surface area contributed by atoms with Crippen molar-refractivity contribution in [1.29, 1.82) is 0 Å². The zero-order valence-corrected chi connectivity index (χ0v) is 12.2. The molecule has 1 heterocycles. The molecule has 2 nitrogen and oxygen atoms in total. The molecule has 0 bridgehead atoms. The van der Waals surface area contributed by atoms with Crippen molar-refractivity contribution < 1.29 is 0 Å². The Hall–Kier alpha value is -1.70. The van der Waals surface area contributed by atoms with Crippen LogP contribution in [0, 0.1) is 13.8 Å². The van der Waals surface area contributed by atoms with E-state index in [-0.39, 0.29) is 0 Å². The molecule has 96 valence electrons. The lowest BCUT2D eigenvalue weighted by molar-refractivity contribution is 1.19. The molecular weight excluding hydrogens is 220 g/mol. The van der Waals surface area contributed by atoms with Crippen molar-refractivity contribution in [3.63, 3.8) is 0 Å².